The van der Waals surface area contributed by atoms with E-state index in [2.05, 4.69) is 18.6 Å². The average Bonchev–Trinajstić information content (AvgIpc) is 3.87. The molecule has 2 aliphatic rings. The van der Waals surface area contributed by atoms with Crippen LogP contribution in [-0.4, -0.2) is 73.8 Å². The molecule has 8 bridgehead atoms. The van der Waals surface area contributed by atoms with Crippen molar-refractivity contribution in [1.29, 1.82) is 0 Å². The zero-order valence-electron chi connectivity index (χ0n) is 27.4. The number of benzene rings is 4. The second kappa shape index (κ2) is 12.4. The van der Waals surface area contributed by atoms with Gasteiger partial charge in [-0.3, -0.25) is 0 Å². The number of H-pyrrole nitrogens is 2. The Morgan fingerprint density at radius 2 is 1.04 bits per heavy atom. The number of sulfonamides is 1. The number of aromatic nitrogens is 8. The Kier molecular flexibility index (Phi) is 7.71. The van der Waals surface area contributed by atoms with Gasteiger partial charge in [0.2, 0.25) is 0 Å². The fourth-order valence-corrected chi connectivity index (χ4v) is 8.85. The normalized spacial score (nSPS) is 12.5. The number of hydrogen-bond donors (Lipinski definition) is 3. The van der Waals surface area contributed by atoms with Crippen molar-refractivity contribution in [3.8, 4) is 45.6 Å². The molecule has 51 heavy (non-hydrogen) atoms. The van der Waals surface area contributed by atoms with E-state index < -0.39 is 10.0 Å². The van der Waals surface area contributed by atoms with Crippen LogP contribution in [0.1, 0.15) is 6.42 Å². The van der Waals surface area contributed by atoms with Crippen LogP contribution in [0.5, 0.6) is 0 Å². The molecular weight excluding hydrogens is 712 g/mol. The molecule has 5 heterocycles. The molecule has 2 aliphatic heterocycles. The van der Waals surface area contributed by atoms with Crippen molar-refractivity contribution in [2.45, 2.75) is 16.6 Å². The summed E-state index contributed by atoms with van der Waals surface area (Å²) in [6.45, 7) is 0.850. The van der Waals surface area contributed by atoms with Gasteiger partial charge in [0.05, 0.1) is 0 Å². The molecule has 0 radical (unpaired) electrons. The van der Waals surface area contributed by atoms with Crippen LogP contribution in [0.3, 0.4) is 0 Å². The van der Waals surface area contributed by atoms with Crippen LogP contribution in [0.4, 0.5) is 0 Å². The molecule has 7 aromatic rings. The van der Waals surface area contributed by atoms with Crippen LogP contribution < -0.4 is 3.74 Å². The van der Waals surface area contributed by atoms with Crippen molar-refractivity contribution in [3.05, 3.63) is 91.0 Å². The van der Waals surface area contributed by atoms with Gasteiger partial charge < -0.3 is 0 Å². The standard InChI is InChI=1S/C32H18N9O2S.C5H12N.Cu/c33-44(42,43)23-15-7-14-22-24(23)32-40-30-21-13-6-5-12-20(21)28(38-30)36-26-17-9-2-1-8-16(17)25(34-26)35-27-18-10-3-4-11-19(18)29(37-27)39-31(22)41-32;1-4-5-6(2)3;/h1-15H,(H3-,33,34,35,36,37,38,39,40,41,42,43);1,4-5H2,2-3H3;/q-1;;+1. The zero-order chi connectivity index (χ0) is 34.7. The summed E-state index contributed by atoms with van der Waals surface area (Å²) >= 11 is 1.27. The molecule has 0 amide bonds. The Morgan fingerprint density at radius 1 is 0.588 bits per heavy atom. The molecule has 0 aliphatic carbocycles. The van der Waals surface area contributed by atoms with Gasteiger partial charge in [0.1, 0.15) is 0 Å². The number of rotatable bonds is 7. The van der Waals surface area contributed by atoms with E-state index in [1.165, 1.54) is 15.2 Å². The zero-order valence-corrected chi connectivity index (χ0v) is 29.2. The van der Waals surface area contributed by atoms with E-state index in [4.69, 9.17) is 29.9 Å². The van der Waals surface area contributed by atoms with Gasteiger partial charge in [0, 0.05) is 5.39 Å². The second-order valence-corrected chi connectivity index (χ2v) is 15.4. The van der Waals surface area contributed by atoms with Crippen molar-refractivity contribution < 1.29 is 23.6 Å². The molecule has 257 valence electrons. The third-order valence-electron chi connectivity index (χ3n) is 8.74. The molecule has 0 spiro atoms. The molecule has 12 nitrogen and oxygen atoms in total. The van der Waals surface area contributed by atoms with Crippen LogP contribution in [-0.2, 0) is 25.2 Å². The molecule has 9 rings (SSSR count). The van der Waals surface area contributed by atoms with E-state index >= 15 is 0 Å². The van der Waals surface area contributed by atoms with Crippen LogP contribution in [0.15, 0.2) is 95.9 Å². The maximum absolute atomic E-state index is 13.9. The Labute approximate surface area is 298 Å². The second-order valence-electron chi connectivity index (χ2n) is 12.4. The first-order valence-corrected chi connectivity index (χ1v) is 18.8. The van der Waals surface area contributed by atoms with E-state index in [0.29, 0.717) is 62.0 Å². The van der Waals surface area contributed by atoms with Crippen molar-refractivity contribution in [3.63, 3.8) is 0 Å². The molecular formula is C37H30CuN10O2S. The van der Waals surface area contributed by atoms with Gasteiger partial charge in [-0.2, -0.15) is 0 Å². The summed E-state index contributed by atoms with van der Waals surface area (Å²) in [6, 6.07) is 28.6. The van der Waals surface area contributed by atoms with E-state index in [1.807, 2.05) is 93.0 Å². The summed E-state index contributed by atoms with van der Waals surface area (Å²) in [5.74, 6) is 1.79. The first-order chi connectivity index (χ1) is 24.8. The topological polar surface area (TPSA) is 158 Å². The first-order valence-electron chi connectivity index (χ1n) is 16.2. The molecule has 0 saturated carbocycles. The van der Waals surface area contributed by atoms with Crippen molar-refractivity contribution in [2.24, 2.45) is 0 Å². The van der Waals surface area contributed by atoms with E-state index in [0.717, 1.165) is 46.0 Å². The summed E-state index contributed by atoms with van der Waals surface area (Å²) in [5, 5.41) is 3.35. The Balaban J connectivity index is 1.37. The number of nitrogens with zero attached hydrogens (tertiary/aromatic N) is 7. The Morgan fingerprint density at radius 3 is 1.57 bits per heavy atom. The first kappa shape index (κ1) is 31.6. The molecule has 3 aromatic heterocycles. The van der Waals surface area contributed by atoms with Crippen LogP contribution >= 0.6 is 0 Å². The van der Waals surface area contributed by atoms with E-state index in [9.17, 15) is 8.42 Å². The minimum atomic E-state index is -3.98. The van der Waals surface area contributed by atoms with E-state index in [-0.39, 0.29) is 4.90 Å². The van der Waals surface area contributed by atoms with Gasteiger partial charge in [-0.05, 0) is 0 Å². The molecule has 4 aromatic carbocycles. The van der Waals surface area contributed by atoms with Crippen LogP contribution in [0, 0.1) is 0 Å². The number of aromatic amines is 2. The van der Waals surface area contributed by atoms with E-state index in [1.54, 1.807) is 12.1 Å². The predicted octanol–water partition coefficient (Wildman–Crippen LogP) is 6.52. The summed E-state index contributed by atoms with van der Waals surface area (Å²) in [4.78, 5) is 38.8. The number of hydrogen-bond acceptors (Lipinski definition) is 9. The summed E-state index contributed by atoms with van der Waals surface area (Å²) in [7, 11) is 0.00205. The predicted molar refractivity (Wildman–Crippen MR) is 194 cm³/mol. The van der Waals surface area contributed by atoms with Gasteiger partial charge in [-0.1, -0.05) is 24.3 Å². The van der Waals surface area contributed by atoms with Gasteiger partial charge in [-0.15, -0.1) is 0 Å². The molecule has 3 N–H and O–H groups in total. The quantitative estimate of drug-likeness (QED) is 0.122. The SMILES string of the molecule is CN(C)CC[CH2][Cu][NH]S(=O)(=O)c1cccc2c3nc4nc(nc5[nH]c(nc6nc(nc([nH]3)c12)-c1ccccc1-6)c1ccccc51)-c1ccccc1-4. The van der Waals surface area contributed by atoms with Gasteiger partial charge in [0.15, 0.2) is 0 Å². The monoisotopic (exact) mass is 741 g/mol. The molecule has 14 heteroatoms. The van der Waals surface area contributed by atoms with Crippen molar-refractivity contribution in [2.75, 3.05) is 20.6 Å². The third kappa shape index (κ3) is 5.57. The van der Waals surface area contributed by atoms with Crippen molar-refractivity contribution >= 4 is 54.2 Å². The summed E-state index contributed by atoms with van der Waals surface area (Å²) in [6.07, 6.45) is 0.824. The van der Waals surface area contributed by atoms with Crippen LogP contribution in [0.25, 0.3) is 89.7 Å². The fraction of sp³-hybridized carbons (Fsp3) is 0.135. The van der Waals surface area contributed by atoms with Gasteiger partial charge in [0.25, 0.3) is 0 Å². The Hall–Kier alpha value is -5.37. The molecule has 0 fully saturated rings. The number of nitrogens with one attached hydrogen (secondary N) is 3. The molecule has 0 atom stereocenters. The molecule has 0 unspecified atom stereocenters. The average molecular weight is 742 g/mol. The summed E-state index contributed by atoms with van der Waals surface area (Å²) < 4.78 is 30.5. The third-order valence-corrected chi connectivity index (χ3v) is 11.6. The minimum absolute atomic E-state index is 0.0773. The molecule has 0 saturated heterocycles. The maximum atomic E-state index is 13.9. The number of fused-ring (bicyclic) bond motifs is 20. The van der Waals surface area contributed by atoms with Crippen molar-refractivity contribution in [1.82, 2.24) is 48.5 Å². The fourth-order valence-electron chi connectivity index (χ4n) is 6.42. The summed E-state index contributed by atoms with van der Waals surface area (Å²) in [5.41, 5.74) is 5.12. The van der Waals surface area contributed by atoms with Gasteiger partial charge in [-0.25, -0.2) is 0 Å². The van der Waals surface area contributed by atoms with Gasteiger partial charge >= 0.3 is 270 Å². The Bertz CT molecular complexity index is 2810. The van der Waals surface area contributed by atoms with Crippen LogP contribution in [0.2, 0.25) is 5.32 Å².